The highest BCUT2D eigenvalue weighted by Crippen LogP contribution is 2.19. The van der Waals surface area contributed by atoms with E-state index in [4.69, 9.17) is 0 Å². The Balaban J connectivity index is 1.75. The van der Waals surface area contributed by atoms with Gasteiger partial charge in [-0.25, -0.2) is 4.79 Å². The van der Waals surface area contributed by atoms with Gasteiger partial charge in [0.15, 0.2) is 0 Å². The molecule has 1 aliphatic heterocycles. The topological polar surface area (TPSA) is 94.2 Å². The van der Waals surface area contributed by atoms with E-state index in [1.807, 2.05) is 24.3 Å². The van der Waals surface area contributed by atoms with Crippen molar-refractivity contribution >= 4 is 22.8 Å². The third kappa shape index (κ3) is 2.75. The van der Waals surface area contributed by atoms with Crippen LogP contribution in [0.25, 0.3) is 10.9 Å². The highest BCUT2D eigenvalue weighted by molar-refractivity contribution is 5.87. The van der Waals surface area contributed by atoms with Gasteiger partial charge in [0.25, 0.3) is 0 Å². The van der Waals surface area contributed by atoms with Crippen LogP contribution in [0, 0.1) is 5.92 Å². The highest BCUT2D eigenvalue weighted by atomic mass is 16.4. The smallest absolute Gasteiger partial charge is 0.326 e. The molecule has 6 heteroatoms. The number of aromatic nitrogens is 1. The molecule has 1 aliphatic rings. The molecule has 1 aromatic heterocycles. The number of hydrogen-bond donors (Lipinski definition) is 4. The number of carbonyl (C=O) groups is 2. The van der Waals surface area contributed by atoms with Gasteiger partial charge in [0.2, 0.25) is 5.91 Å². The van der Waals surface area contributed by atoms with Gasteiger partial charge in [-0.1, -0.05) is 18.2 Å². The van der Waals surface area contributed by atoms with E-state index >= 15 is 0 Å². The van der Waals surface area contributed by atoms with Gasteiger partial charge < -0.3 is 20.7 Å². The minimum Gasteiger partial charge on any atom is -0.480 e. The summed E-state index contributed by atoms with van der Waals surface area (Å²) in [6, 6.07) is 6.80. The number of nitrogens with one attached hydrogen (secondary N) is 3. The summed E-state index contributed by atoms with van der Waals surface area (Å²) in [4.78, 5) is 26.4. The standard InChI is InChI=1S/C15H17N3O3/c19-14(10-6-16-7-10)18-13(15(20)21)5-9-8-17-12-4-2-1-3-11(9)12/h1-4,8,10,13,16-17H,5-7H2,(H,18,19)(H,20,21)/t13-/m1/s1. The number of amides is 1. The molecule has 0 aliphatic carbocycles. The van der Waals surface area contributed by atoms with E-state index in [1.165, 1.54) is 0 Å². The molecule has 1 atom stereocenters. The van der Waals surface area contributed by atoms with Crippen molar-refractivity contribution < 1.29 is 14.7 Å². The monoisotopic (exact) mass is 287 g/mol. The summed E-state index contributed by atoms with van der Waals surface area (Å²) in [7, 11) is 0. The Morgan fingerprint density at radius 3 is 2.76 bits per heavy atom. The number of benzene rings is 1. The van der Waals surface area contributed by atoms with Crippen molar-refractivity contribution in [3.8, 4) is 0 Å². The third-order valence-corrected chi connectivity index (χ3v) is 3.87. The number of rotatable bonds is 5. The number of aromatic amines is 1. The lowest BCUT2D eigenvalue weighted by Gasteiger charge is -2.27. The fourth-order valence-electron chi connectivity index (χ4n) is 2.48. The van der Waals surface area contributed by atoms with Crippen LogP contribution >= 0.6 is 0 Å². The van der Waals surface area contributed by atoms with Crippen molar-refractivity contribution in [3.05, 3.63) is 36.0 Å². The van der Waals surface area contributed by atoms with Gasteiger partial charge in [-0.15, -0.1) is 0 Å². The molecule has 3 rings (SSSR count). The molecule has 1 fully saturated rings. The van der Waals surface area contributed by atoms with Crippen molar-refractivity contribution in [2.75, 3.05) is 13.1 Å². The lowest BCUT2D eigenvalue weighted by molar-refractivity contribution is -0.142. The number of fused-ring (bicyclic) bond motifs is 1. The molecule has 110 valence electrons. The summed E-state index contributed by atoms with van der Waals surface area (Å²) in [6.07, 6.45) is 2.07. The Hall–Kier alpha value is -2.34. The predicted molar refractivity (Wildman–Crippen MR) is 77.9 cm³/mol. The van der Waals surface area contributed by atoms with E-state index in [0.717, 1.165) is 16.5 Å². The first kappa shape index (κ1) is 13.6. The maximum absolute atomic E-state index is 11.9. The third-order valence-electron chi connectivity index (χ3n) is 3.87. The second kappa shape index (κ2) is 5.57. The van der Waals surface area contributed by atoms with Gasteiger partial charge in [-0.3, -0.25) is 4.79 Å². The second-order valence-corrected chi connectivity index (χ2v) is 5.32. The van der Waals surface area contributed by atoms with Gasteiger partial charge >= 0.3 is 5.97 Å². The van der Waals surface area contributed by atoms with E-state index in [1.54, 1.807) is 6.20 Å². The van der Waals surface area contributed by atoms with Gasteiger partial charge in [-0.2, -0.15) is 0 Å². The molecule has 0 saturated carbocycles. The van der Waals surface area contributed by atoms with Gasteiger partial charge in [0, 0.05) is 36.6 Å². The van der Waals surface area contributed by atoms with Crippen LogP contribution in [0.5, 0.6) is 0 Å². The fourth-order valence-corrected chi connectivity index (χ4v) is 2.48. The average Bonchev–Trinajstić information content (AvgIpc) is 2.79. The lowest BCUT2D eigenvalue weighted by Crippen LogP contribution is -2.54. The first-order valence-electron chi connectivity index (χ1n) is 6.94. The van der Waals surface area contributed by atoms with Crippen molar-refractivity contribution in [3.63, 3.8) is 0 Å². The van der Waals surface area contributed by atoms with Crippen LogP contribution in [0.1, 0.15) is 5.56 Å². The van der Waals surface area contributed by atoms with Crippen LogP contribution in [0.15, 0.2) is 30.5 Å². The van der Waals surface area contributed by atoms with E-state index in [0.29, 0.717) is 13.1 Å². The Morgan fingerprint density at radius 1 is 1.33 bits per heavy atom. The summed E-state index contributed by atoms with van der Waals surface area (Å²) in [6.45, 7) is 1.23. The molecule has 1 amide bonds. The van der Waals surface area contributed by atoms with Gasteiger partial charge in [-0.05, 0) is 11.6 Å². The molecule has 0 spiro atoms. The highest BCUT2D eigenvalue weighted by Gasteiger charge is 2.29. The summed E-state index contributed by atoms with van der Waals surface area (Å²) < 4.78 is 0. The van der Waals surface area contributed by atoms with Crippen LogP contribution in [-0.2, 0) is 16.0 Å². The Morgan fingerprint density at radius 2 is 2.10 bits per heavy atom. The molecule has 1 saturated heterocycles. The fraction of sp³-hybridized carbons (Fsp3) is 0.333. The van der Waals surface area contributed by atoms with Crippen LogP contribution in [0.3, 0.4) is 0 Å². The van der Waals surface area contributed by atoms with E-state index in [9.17, 15) is 14.7 Å². The number of H-pyrrole nitrogens is 1. The molecular formula is C15H17N3O3. The SMILES string of the molecule is O=C(N[C@H](Cc1c[nH]c2ccccc12)C(=O)O)C1CNC1. The second-order valence-electron chi connectivity index (χ2n) is 5.32. The zero-order chi connectivity index (χ0) is 14.8. The molecule has 2 heterocycles. The minimum absolute atomic E-state index is 0.116. The molecule has 0 bridgehead atoms. The first-order valence-corrected chi connectivity index (χ1v) is 6.94. The zero-order valence-corrected chi connectivity index (χ0v) is 11.4. The molecule has 21 heavy (non-hydrogen) atoms. The minimum atomic E-state index is -1.01. The van der Waals surface area contributed by atoms with Crippen LogP contribution in [0.4, 0.5) is 0 Å². The zero-order valence-electron chi connectivity index (χ0n) is 11.4. The van der Waals surface area contributed by atoms with Crippen molar-refractivity contribution in [2.45, 2.75) is 12.5 Å². The van der Waals surface area contributed by atoms with Crippen LogP contribution < -0.4 is 10.6 Å². The Kier molecular flexibility index (Phi) is 3.62. The molecule has 0 unspecified atom stereocenters. The lowest BCUT2D eigenvalue weighted by atomic mass is 10.0. The number of para-hydroxylation sites is 1. The van der Waals surface area contributed by atoms with Crippen molar-refractivity contribution in [1.82, 2.24) is 15.6 Å². The summed E-state index contributed by atoms with van der Waals surface area (Å²) in [5, 5.41) is 15.9. The van der Waals surface area contributed by atoms with Gasteiger partial charge in [0.05, 0.1) is 5.92 Å². The number of carboxylic acid groups (broad SMARTS) is 1. The largest absolute Gasteiger partial charge is 0.480 e. The summed E-state index contributed by atoms with van der Waals surface area (Å²) in [5.74, 6) is -1.32. The first-order chi connectivity index (χ1) is 10.1. The van der Waals surface area contributed by atoms with Crippen molar-refractivity contribution in [1.29, 1.82) is 0 Å². The number of aliphatic carboxylic acids is 1. The Bertz CT molecular complexity index is 676. The maximum Gasteiger partial charge on any atom is 0.326 e. The average molecular weight is 287 g/mol. The van der Waals surface area contributed by atoms with E-state index < -0.39 is 12.0 Å². The Labute approximate surface area is 121 Å². The number of carboxylic acids is 1. The normalized spacial score (nSPS) is 16.4. The van der Waals surface area contributed by atoms with Gasteiger partial charge in [0.1, 0.15) is 6.04 Å². The molecule has 0 radical (unpaired) electrons. The predicted octanol–water partition coefficient (Wildman–Crippen LogP) is 0.499. The summed E-state index contributed by atoms with van der Waals surface area (Å²) in [5.41, 5.74) is 1.86. The van der Waals surface area contributed by atoms with Crippen LogP contribution in [-0.4, -0.2) is 41.1 Å². The van der Waals surface area contributed by atoms with Crippen LogP contribution in [0.2, 0.25) is 0 Å². The van der Waals surface area contributed by atoms with Crippen molar-refractivity contribution in [2.24, 2.45) is 5.92 Å². The quantitative estimate of drug-likeness (QED) is 0.644. The number of carbonyl (C=O) groups excluding carboxylic acids is 1. The molecule has 4 N–H and O–H groups in total. The molecule has 2 aromatic rings. The summed E-state index contributed by atoms with van der Waals surface area (Å²) >= 11 is 0. The van der Waals surface area contributed by atoms with E-state index in [-0.39, 0.29) is 18.2 Å². The maximum atomic E-state index is 11.9. The molecular weight excluding hydrogens is 270 g/mol. The molecule has 6 nitrogen and oxygen atoms in total. The molecule has 1 aromatic carbocycles. The van der Waals surface area contributed by atoms with E-state index in [2.05, 4.69) is 15.6 Å². The number of hydrogen-bond acceptors (Lipinski definition) is 3.